The van der Waals surface area contributed by atoms with E-state index in [9.17, 15) is 4.79 Å². The Morgan fingerprint density at radius 3 is 2.39 bits per heavy atom. The lowest BCUT2D eigenvalue weighted by Crippen LogP contribution is -2.49. The predicted molar refractivity (Wildman–Crippen MR) is 123 cm³/mol. The molecule has 180 valence electrons. The Hall–Kier alpha value is -3.07. The van der Waals surface area contributed by atoms with Crippen molar-refractivity contribution in [1.29, 1.82) is 0 Å². The zero-order chi connectivity index (χ0) is 23.8. The van der Waals surface area contributed by atoms with Crippen LogP contribution in [0.5, 0.6) is 11.5 Å². The number of carboxylic acid groups (broad SMARTS) is 1. The van der Waals surface area contributed by atoms with Crippen LogP contribution in [0.2, 0.25) is 0 Å². The number of hydrogen-bond acceptors (Lipinski definition) is 6. The van der Waals surface area contributed by atoms with Crippen LogP contribution in [0.4, 0.5) is 0 Å². The number of hydrogen-bond donors (Lipinski definition) is 1. The number of nitrogens with zero attached hydrogens (tertiary/aromatic N) is 4. The summed E-state index contributed by atoms with van der Waals surface area (Å²) in [6.07, 6.45) is 6.75. The van der Waals surface area contributed by atoms with Crippen LogP contribution in [-0.2, 0) is 29.1 Å². The maximum absolute atomic E-state index is 12.8. The molecule has 2 aliphatic heterocycles. The van der Waals surface area contributed by atoms with Crippen LogP contribution in [0.15, 0.2) is 30.6 Å². The van der Waals surface area contributed by atoms with Crippen molar-refractivity contribution in [2.24, 2.45) is 5.92 Å². The number of amides is 1. The summed E-state index contributed by atoms with van der Waals surface area (Å²) in [5.74, 6) is 1.79. The molecule has 9 heteroatoms. The largest absolute Gasteiger partial charge is 0.493 e. The van der Waals surface area contributed by atoms with E-state index in [0.29, 0.717) is 12.6 Å². The van der Waals surface area contributed by atoms with Gasteiger partial charge in [0.2, 0.25) is 5.91 Å². The first-order valence-corrected chi connectivity index (χ1v) is 11.3. The van der Waals surface area contributed by atoms with Gasteiger partial charge in [0.05, 0.1) is 26.7 Å². The lowest BCUT2D eigenvalue weighted by atomic mass is 9.94. The molecule has 4 rings (SSSR count). The molecule has 3 heterocycles. The first kappa shape index (κ1) is 24.6. The molecule has 0 saturated carbocycles. The van der Waals surface area contributed by atoms with Gasteiger partial charge in [0.1, 0.15) is 0 Å². The molecule has 1 saturated heterocycles. The van der Waals surface area contributed by atoms with Gasteiger partial charge in [-0.05, 0) is 48.6 Å². The third-order valence-corrected chi connectivity index (χ3v) is 6.48. The Morgan fingerprint density at radius 2 is 1.82 bits per heavy atom. The lowest BCUT2D eigenvalue weighted by Gasteiger charge is -2.41. The summed E-state index contributed by atoms with van der Waals surface area (Å²) >= 11 is 0. The van der Waals surface area contributed by atoms with E-state index < -0.39 is 0 Å². The smallest absolute Gasteiger partial charge is 0.290 e. The summed E-state index contributed by atoms with van der Waals surface area (Å²) < 4.78 is 12.8. The van der Waals surface area contributed by atoms with E-state index >= 15 is 0 Å². The third kappa shape index (κ3) is 6.04. The van der Waals surface area contributed by atoms with E-state index in [2.05, 4.69) is 22.1 Å². The van der Waals surface area contributed by atoms with Gasteiger partial charge < -0.3 is 19.5 Å². The molecule has 1 atom stereocenters. The van der Waals surface area contributed by atoms with E-state index in [-0.39, 0.29) is 18.3 Å². The fourth-order valence-corrected chi connectivity index (χ4v) is 4.75. The van der Waals surface area contributed by atoms with E-state index in [1.54, 1.807) is 20.4 Å². The molecule has 2 aliphatic rings. The minimum Gasteiger partial charge on any atom is -0.493 e. The molecule has 1 unspecified atom stereocenters. The fourth-order valence-electron chi connectivity index (χ4n) is 4.75. The average Bonchev–Trinajstić information content (AvgIpc) is 3.36. The summed E-state index contributed by atoms with van der Waals surface area (Å²) in [5, 5.41) is 11.1. The zero-order valence-electron chi connectivity index (χ0n) is 19.6. The van der Waals surface area contributed by atoms with E-state index in [1.807, 2.05) is 28.8 Å². The van der Waals surface area contributed by atoms with Crippen molar-refractivity contribution in [3.63, 3.8) is 0 Å². The van der Waals surface area contributed by atoms with Gasteiger partial charge in [0.15, 0.2) is 11.5 Å². The van der Waals surface area contributed by atoms with Gasteiger partial charge in [0, 0.05) is 44.6 Å². The summed E-state index contributed by atoms with van der Waals surface area (Å²) in [4.78, 5) is 25.8. The van der Waals surface area contributed by atoms with Crippen molar-refractivity contribution in [3.8, 4) is 11.5 Å². The predicted octanol–water partition coefficient (Wildman–Crippen LogP) is 2.29. The zero-order valence-corrected chi connectivity index (χ0v) is 19.6. The van der Waals surface area contributed by atoms with Crippen LogP contribution in [0.25, 0.3) is 0 Å². The highest BCUT2D eigenvalue weighted by atomic mass is 16.5. The van der Waals surface area contributed by atoms with Crippen molar-refractivity contribution >= 4 is 12.4 Å². The van der Waals surface area contributed by atoms with Crippen LogP contribution < -0.4 is 9.47 Å². The SMILES string of the molecule is COc1cc2c(cc1OC)CN(C1CCN(C(=O)C(C)Cn3cccn3)CC1)CC2.O=CO. The molecule has 9 nitrogen and oxygen atoms in total. The normalized spacial score (nSPS) is 17.4. The van der Waals surface area contributed by atoms with Crippen LogP contribution in [0, 0.1) is 5.92 Å². The van der Waals surface area contributed by atoms with Crippen molar-refractivity contribution in [3.05, 3.63) is 41.7 Å². The number of piperidine rings is 1. The topological polar surface area (TPSA) is 97.1 Å². The fraction of sp³-hybridized carbons (Fsp3) is 0.542. The number of aromatic nitrogens is 2. The molecule has 0 aliphatic carbocycles. The molecule has 1 N–H and O–H groups in total. The summed E-state index contributed by atoms with van der Waals surface area (Å²) in [5.41, 5.74) is 2.68. The molecular formula is C24H34N4O5. The van der Waals surface area contributed by atoms with E-state index in [4.69, 9.17) is 19.4 Å². The maximum Gasteiger partial charge on any atom is 0.290 e. The molecular weight excluding hydrogens is 424 g/mol. The average molecular weight is 459 g/mol. The number of rotatable bonds is 6. The molecule has 1 amide bonds. The van der Waals surface area contributed by atoms with Gasteiger partial charge in [-0.2, -0.15) is 5.10 Å². The molecule has 2 aromatic rings. The van der Waals surface area contributed by atoms with Gasteiger partial charge >= 0.3 is 0 Å². The molecule has 33 heavy (non-hydrogen) atoms. The van der Waals surface area contributed by atoms with Gasteiger partial charge in [0.25, 0.3) is 6.47 Å². The number of benzene rings is 1. The van der Waals surface area contributed by atoms with Crippen molar-refractivity contribution in [2.45, 2.75) is 45.3 Å². The number of fused-ring (bicyclic) bond motifs is 1. The van der Waals surface area contributed by atoms with Crippen LogP contribution in [0.1, 0.15) is 30.9 Å². The number of carbonyl (C=O) groups is 2. The third-order valence-electron chi connectivity index (χ3n) is 6.48. The monoisotopic (exact) mass is 458 g/mol. The molecule has 0 radical (unpaired) electrons. The number of ether oxygens (including phenoxy) is 2. The van der Waals surface area contributed by atoms with Crippen molar-refractivity contribution < 1.29 is 24.2 Å². The Balaban J connectivity index is 0.000000968. The summed E-state index contributed by atoms with van der Waals surface area (Å²) in [7, 11) is 3.37. The lowest BCUT2D eigenvalue weighted by molar-refractivity contribution is -0.137. The maximum atomic E-state index is 12.8. The standard InChI is InChI=1S/C23H32N4O3.CH2O2/c1-17(15-27-9-4-8-24-27)23(28)25-11-6-20(7-12-25)26-10-5-18-13-21(29-2)22(30-3)14-19(18)16-26;2-1-3/h4,8-9,13-14,17,20H,5-7,10-12,15-16H2,1-3H3;1H,(H,2,3). The summed E-state index contributed by atoms with van der Waals surface area (Å²) in [6.45, 7) is 6.05. The molecule has 1 aromatic heterocycles. The number of methoxy groups -OCH3 is 2. The highest BCUT2D eigenvalue weighted by Gasteiger charge is 2.31. The highest BCUT2D eigenvalue weighted by Crippen LogP contribution is 2.34. The van der Waals surface area contributed by atoms with E-state index in [0.717, 1.165) is 56.9 Å². The van der Waals surface area contributed by atoms with Gasteiger partial charge in [-0.25, -0.2) is 0 Å². The summed E-state index contributed by atoms with van der Waals surface area (Å²) in [6, 6.07) is 6.66. The molecule has 0 bridgehead atoms. The Kier molecular flexibility index (Phi) is 8.71. The Morgan fingerprint density at radius 1 is 1.18 bits per heavy atom. The number of carbonyl (C=O) groups excluding carboxylic acids is 1. The first-order chi connectivity index (χ1) is 16.0. The van der Waals surface area contributed by atoms with E-state index in [1.165, 1.54) is 11.1 Å². The first-order valence-electron chi connectivity index (χ1n) is 11.3. The van der Waals surface area contributed by atoms with Crippen molar-refractivity contribution in [1.82, 2.24) is 19.6 Å². The molecule has 1 aromatic carbocycles. The van der Waals surface area contributed by atoms with Crippen LogP contribution in [0.3, 0.4) is 0 Å². The second-order valence-corrected chi connectivity index (χ2v) is 8.49. The van der Waals surface area contributed by atoms with Gasteiger partial charge in [-0.15, -0.1) is 0 Å². The van der Waals surface area contributed by atoms with Crippen LogP contribution >= 0.6 is 0 Å². The molecule has 1 fully saturated rings. The minimum absolute atomic E-state index is 0.0502. The molecule has 0 spiro atoms. The Labute approximate surface area is 194 Å². The highest BCUT2D eigenvalue weighted by molar-refractivity contribution is 5.78. The van der Waals surface area contributed by atoms with Gasteiger partial charge in [-0.1, -0.05) is 6.92 Å². The Bertz CT molecular complexity index is 910. The second kappa shape index (κ2) is 11.7. The van der Waals surface area contributed by atoms with Crippen molar-refractivity contribution in [2.75, 3.05) is 33.9 Å². The quantitative estimate of drug-likeness (QED) is 0.664. The minimum atomic E-state index is -0.250. The second-order valence-electron chi connectivity index (χ2n) is 8.49. The van der Waals surface area contributed by atoms with Crippen LogP contribution in [-0.4, -0.2) is 77.0 Å². The number of likely N-dealkylation sites (tertiary alicyclic amines) is 1. The van der Waals surface area contributed by atoms with Gasteiger partial charge in [-0.3, -0.25) is 19.2 Å².